The van der Waals surface area contributed by atoms with Gasteiger partial charge in [0.05, 0.1) is 32.9 Å². The Hall–Kier alpha value is -3.00. The van der Waals surface area contributed by atoms with Crippen molar-refractivity contribution in [2.45, 2.75) is 32.2 Å². The molecule has 1 N–H and O–H groups in total. The van der Waals surface area contributed by atoms with E-state index in [4.69, 9.17) is 31.2 Å². The first-order valence-electron chi connectivity index (χ1n) is 11.1. The molecule has 7 nitrogen and oxygen atoms in total. The van der Waals surface area contributed by atoms with E-state index in [0.29, 0.717) is 29.4 Å². The van der Waals surface area contributed by atoms with E-state index < -0.39 is 0 Å². The Morgan fingerprint density at radius 1 is 1.12 bits per heavy atom. The van der Waals surface area contributed by atoms with Gasteiger partial charge < -0.3 is 29.2 Å². The van der Waals surface area contributed by atoms with Gasteiger partial charge in [0.15, 0.2) is 16.6 Å². The van der Waals surface area contributed by atoms with Crippen LogP contribution in [0.1, 0.15) is 47.3 Å². The smallest absolute Gasteiger partial charge is 0.337 e. The average molecular weight is 473 g/mol. The standard InChI is InChI=1S/C25H32N2O5S/c1-5-6-12-26-25(33)27-13-11-18-14-22(29-2)23(30-3)15-20(18)21(27)16-32-19-9-7-17(8-10-19)24(28)31-4/h7-10,14-15,21H,5-6,11-13,16H2,1-4H3,(H,26,33). The van der Waals surface area contributed by atoms with Crippen molar-refractivity contribution in [1.82, 2.24) is 10.2 Å². The molecule has 1 unspecified atom stereocenters. The normalized spacial score (nSPS) is 14.8. The summed E-state index contributed by atoms with van der Waals surface area (Å²) in [5.74, 6) is 1.68. The SMILES string of the molecule is CCCCNC(=S)N1CCc2cc(OC)c(OC)cc2C1COc1ccc(C(=O)OC)cc1. The predicted molar refractivity (Wildman–Crippen MR) is 131 cm³/mol. The van der Waals surface area contributed by atoms with Gasteiger partial charge in [0.25, 0.3) is 0 Å². The number of methoxy groups -OCH3 is 3. The lowest BCUT2D eigenvalue weighted by atomic mass is 9.92. The highest BCUT2D eigenvalue weighted by atomic mass is 32.1. The molecule has 3 rings (SSSR count). The van der Waals surface area contributed by atoms with Gasteiger partial charge in [-0.15, -0.1) is 0 Å². The fraction of sp³-hybridized carbons (Fsp3) is 0.440. The minimum Gasteiger partial charge on any atom is -0.493 e. The minimum absolute atomic E-state index is 0.101. The summed E-state index contributed by atoms with van der Waals surface area (Å²) in [6.07, 6.45) is 3.00. The van der Waals surface area contributed by atoms with Gasteiger partial charge in [0.2, 0.25) is 0 Å². The maximum absolute atomic E-state index is 11.7. The summed E-state index contributed by atoms with van der Waals surface area (Å²) in [5.41, 5.74) is 2.77. The number of hydrogen-bond donors (Lipinski definition) is 1. The van der Waals surface area contributed by atoms with Crippen LogP contribution >= 0.6 is 12.2 Å². The number of unbranched alkanes of at least 4 members (excludes halogenated alkanes) is 1. The van der Waals surface area contributed by atoms with Crippen LogP contribution in [0.3, 0.4) is 0 Å². The summed E-state index contributed by atoms with van der Waals surface area (Å²) in [6.45, 7) is 4.15. The molecular weight excluding hydrogens is 440 g/mol. The summed E-state index contributed by atoms with van der Waals surface area (Å²) in [5, 5.41) is 4.11. The van der Waals surface area contributed by atoms with Crippen molar-refractivity contribution in [1.29, 1.82) is 0 Å². The van der Waals surface area contributed by atoms with Crippen molar-refractivity contribution in [3.63, 3.8) is 0 Å². The fourth-order valence-electron chi connectivity index (χ4n) is 3.90. The van der Waals surface area contributed by atoms with E-state index in [1.807, 2.05) is 12.1 Å². The lowest BCUT2D eigenvalue weighted by molar-refractivity contribution is 0.0600. The van der Waals surface area contributed by atoms with Crippen LogP contribution in [0.5, 0.6) is 17.2 Å². The molecule has 0 aliphatic carbocycles. The maximum atomic E-state index is 11.7. The molecular formula is C25H32N2O5S. The zero-order chi connectivity index (χ0) is 23.8. The minimum atomic E-state index is -0.376. The van der Waals surface area contributed by atoms with Gasteiger partial charge in [0, 0.05) is 13.1 Å². The number of nitrogens with one attached hydrogen (secondary N) is 1. The number of rotatable bonds is 9. The Labute approximate surface area is 201 Å². The Bertz CT molecular complexity index is 964. The molecule has 0 saturated heterocycles. The van der Waals surface area contributed by atoms with Crippen LogP contribution in [0.4, 0.5) is 0 Å². The fourth-order valence-corrected chi connectivity index (χ4v) is 4.23. The number of carbonyl (C=O) groups excluding carboxylic acids is 1. The lowest BCUT2D eigenvalue weighted by Gasteiger charge is -2.39. The Balaban J connectivity index is 1.85. The molecule has 1 atom stereocenters. The van der Waals surface area contributed by atoms with Crippen LogP contribution in [0.2, 0.25) is 0 Å². The van der Waals surface area contributed by atoms with Crippen molar-refractivity contribution in [2.75, 3.05) is 41.0 Å². The van der Waals surface area contributed by atoms with Gasteiger partial charge in [-0.1, -0.05) is 13.3 Å². The number of benzene rings is 2. The largest absolute Gasteiger partial charge is 0.493 e. The number of carbonyl (C=O) groups is 1. The van der Waals surface area contributed by atoms with Crippen LogP contribution < -0.4 is 19.5 Å². The molecule has 178 valence electrons. The van der Waals surface area contributed by atoms with E-state index in [1.54, 1.807) is 38.5 Å². The van der Waals surface area contributed by atoms with Crippen LogP contribution in [-0.2, 0) is 11.2 Å². The second-order valence-electron chi connectivity index (χ2n) is 7.78. The zero-order valence-corrected chi connectivity index (χ0v) is 20.5. The second-order valence-corrected chi connectivity index (χ2v) is 8.16. The van der Waals surface area contributed by atoms with E-state index in [9.17, 15) is 4.79 Å². The third kappa shape index (κ3) is 5.87. The predicted octanol–water partition coefficient (Wildman–Crippen LogP) is 4.14. The van der Waals surface area contributed by atoms with Crippen LogP contribution in [0, 0.1) is 0 Å². The lowest BCUT2D eigenvalue weighted by Crippen LogP contribution is -2.47. The van der Waals surface area contributed by atoms with Crippen LogP contribution in [-0.4, -0.2) is 57.0 Å². The van der Waals surface area contributed by atoms with E-state index >= 15 is 0 Å². The van der Waals surface area contributed by atoms with Crippen LogP contribution in [0.25, 0.3) is 0 Å². The summed E-state index contributed by atoms with van der Waals surface area (Å²) >= 11 is 5.75. The molecule has 0 spiro atoms. The molecule has 1 aliphatic rings. The van der Waals surface area contributed by atoms with Crippen molar-refractivity contribution in [3.05, 3.63) is 53.1 Å². The Morgan fingerprint density at radius 3 is 2.45 bits per heavy atom. The first-order valence-corrected chi connectivity index (χ1v) is 11.5. The number of ether oxygens (including phenoxy) is 4. The van der Waals surface area contributed by atoms with Crippen molar-refractivity contribution in [2.24, 2.45) is 0 Å². The van der Waals surface area contributed by atoms with Crippen molar-refractivity contribution in [3.8, 4) is 17.2 Å². The Kier molecular flexibility index (Phi) is 8.77. The summed E-state index contributed by atoms with van der Waals surface area (Å²) < 4.78 is 22.0. The molecule has 8 heteroatoms. The molecule has 1 aliphatic heterocycles. The van der Waals surface area contributed by atoms with Gasteiger partial charge in [0.1, 0.15) is 12.4 Å². The zero-order valence-electron chi connectivity index (χ0n) is 19.7. The molecule has 1 heterocycles. The highest BCUT2D eigenvalue weighted by Gasteiger charge is 2.31. The van der Waals surface area contributed by atoms with Crippen LogP contribution in [0.15, 0.2) is 36.4 Å². The summed E-state index contributed by atoms with van der Waals surface area (Å²) in [6, 6.07) is 10.9. The molecule has 0 saturated carbocycles. The average Bonchev–Trinajstić information content (AvgIpc) is 2.86. The third-order valence-electron chi connectivity index (χ3n) is 5.75. The molecule has 0 radical (unpaired) electrons. The molecule has 0 bridgehead atoms. The first-order chi connectivity index (χ1) is 16.0. The molecule has 2 aromatic rings. The van der Waals surface area contributed by atoms with Gasteiger partial charge in [-0.2, -0.15) is 0 Å². The van der Waals surface area contributed by atoms with E-state index in [-0.39, 0.29) is 12.0 Å². The Morgan fingerprint density at radius 2 is 1.82 bits per heavy atom. The summed E-state index contributed by atoms with van der Waals surface area (Å²) in [4.78, 5) is 13.9. The quantitative estimate of drug-likeness (QED) is 0.332. The van der Waals surface area contributed by atoms with E-state index in [2.05, 4.69) is 17.1 Å². The topological polar surface area (TPSA) is 69.3 Å². The molecule has 0 aromatic heterocycles. The van der Waals surface area contributed by atoms with Gasteiger partial charge in [-0.3, -0.25) is 0 Å². The monoisotopic (exact) mass is 472 g/mol. The number of fused-ring (bicyclic) bond motifs is 1. The highest BCUT2D eigenvalue weighted by molar-refractivity contribution is 7.80. The third-order valence-corrected chi connectivity index (χ3v) is 6.13. The molecule has 0 fully saturated rings. The van der Waals surface area contributed by atoms with Crippen molar-refractivity contribution >= 4 is 23.3 Å². The van der Waals surface area contributed by atoms with E-state index in [1.165, 1.54) is 12.7 Å². The van der Waals surface area contributed by atoms with Gasteiger partial charge in [-0.05, 0) is 72.6 Å². The van der Waals surface area contributed by atoms with Gasteiger partial charge in [-0.25, -0.2) is 4.79 Å². The number of nitrogens with zero attached hydrogens (tertiary/aromatic N) is 1. The maximum Gasteiger partial charge on any atom is 0.337 e. The van der Waals surface area contributed by atoms with E-state index in [0.717, 1.165) is 43.0 Å². The number of thiocarbonyl (C=S) groups is 1. The highest BCUT2D eigenvalue weighted by Crippen LogP contribution is 2.38. The van der Waals surface area contributed by atoms with Crippen molar-refractivity contribution < 1.29 is 23.7 Å². The summed E-state index contributed by atoms with van der Waals surface area (Å²) in [7, 11) is 4.64. The van der Waals surface area contributed by atoms with Gasteiger partial charge >= 0.3 is 5.97 Å². The molecule has 0 amide bonds. The first kappa shape index (κ1) is 24.6. The number of esters is 1. The second kappa shape index (κ2) is 11.7. The molecule has 2 aromatic carbocycles. The molecule has 33 heavy (non-hydrogen) atoms. The number of hydrogen-bond acceptors (Lipinski definition) is 6.